The fourth-order valence-corrected chi connectivity index (χ4v) is 2.51. The minimum absolute atomic E-state index is 0. The Morgan fingerprint density at radius 2 is 1.88 bits per heavy atom. The van der Waals surface area contributed by atoms with Gasteiger partial charge in [-0.05, 0) is 48.4 Å². The minimum atomic E-state index is 0. The maximum atomic E-state index is 9.51. The topological polar surface area (TPSA) is 70.9 Å². The van der Waals surface area contributed by atoms with Crippen LogP contribution in [0.4, 0.5) is 0 Å². The lowest BCUT2D eigenvalue weighted by Gasteiger charge is -2.07. The summed E-state index contributed by atoms with van der Waals surface area (Å²) in [5, 5.41) is 9.51. The summed E-state index contributed by atoms with van der Waals surface area (Å²) in [6, 6.07) is 13.6. The predicted octanol–water partition coefficient (Wildman–Crippen LogP) is 4.37. The predicted molar refractivity (Wildman–Crippen MR) is 101 cm³/mol. The zero-order chi connectivity index (χ0) is 17.1. The molecule has 0 radical (unpaired) electrons. The third kappa shape index (κ3) is 3.76. The summed E-state index contributed by atoms with van der Waals surface area (Å²) in [6.07, 6.45) is 1.77. The van der Waals surface area contributed by atoms with E-state index in [1.54, 1.807) is 20.3 Å². The molecule has 0 spiro atoms. The fraction of sp³-hybridized carbons (Fsp3) is 0.158. The van der Waals surface area contributed by atoms with Crippen LogP contribution in [-0.4, -0.2) is 24.2 Å². The molecule has 0 aliphatic rings. The molecular formula is C19H18ClN3O2. The Morgan fingerprint density at radius 1 is 1.12 bits per heavy atom. The lowest BCUT2D eigenvalue weighted by Crippen LogP contribution is -1.91. The van der Waals surface area contributed by atoms with Crippen LogP contribution in [0.25, 0.3) is 22.7 Å². The van der Waals surface area contributed by atoms with Gasteiger partial charge >= 0.3 is 0 Å². The highest BCUT2D eigenvalue weighted by Gasteiger charge is 2.09. The number of aryl methyl sites for hydroxylation is 1. The van der Waals surface area contributed by atoms with Gasteiger partial charge in [0.05, 0.1) is 30.8 Å². The highest BCUT2D eigenvalue weighted by molar-refractivity contribution is 5.90. The van der Waals surface area contributed by atoms with Crippen molar-refractivity contribution in [1.82, 2.24) is 9.97 Å². The lowest BCUT2D eigenvalue weighted by molar-refractivity contribution is 0.355. The van der Waals surface area contributed by atoms with E-state index in [0.717, 1.165) is 22.2 Å². The van der Waals surface area contributed by atoms with Gasteiger partial charge in [-0.15, -0.1) is 12.4 Å². The number of nitrogens with one attached hydrogen (secondary N) is 1. The number of hydrogen-bond donors (Lipinski definition) is 1. The van der Waals surface area contributed by atoms with Crippen molar-refractivity contribution in [2.24, 2.45) is 0 Å². The van der Waals surface area contributed by atoms with Gasteiger partial charge < -0.3 is 14.5 Å². The number of halogens is 1. The van der Waals surface area contributed by atoms with Gasteiger partial charge in [0.15, 0.2) is 11.5 Å². The van der Waals surface area contributed by atoms with Crippen molar-refractivity contribution >= 4 is 35.1 Å². The number of allylic oxidation sites excluding steroid dienone is 1. The summed E-state index contributed by atoms with van der Waals surface area (Å²) < 4.78 is 10.5. The molecule has 2 aromatic carbocycles. The first-order valence-corrected chi connectivity index (χ1v) is 7.45. The summed E-state index contributed by atoms with van der Waals surface area (Å²) >= 11 is 0. The van der Waals surface area contributed by atoms with Gasteiger partial charge in [0.25, 0.3) is 0 Å². The van der Waals surface area contributed by atoms with Gasteiger partial charge in [-0.3, -0.25) is 0 Å². The number of aromatic nitrogens is 2. The standard InChI is InChI=1S/C19H17N3O2.ClH/c1-12-4-6-15-16(8-12)22-19(21-15)14(11-20)9-13-5-7-17(23-2)18(10-13)24-3;/h4-10H,1-3H3,(H,21,22);1H. The number of nitriles is 1. The largest absolute Gasteiger partial charge is 0.493 e. The van der Waals surface area contributed by atoms with Crippen molar-refractivity contribution in [3.05, 3.63) is 53.3 Å². The van der Waals surface area contributed by atoms with Crippen LogP contribution in [0.15, 0.2) is 36.4 Å². The molecule has 0 unspecified atom stereocenters. The highest BCUT2D eigenvalue weighted by atomic mass is 35.5. The second kappa shape index (κ2) is 7.73. The lowest BCUT2D eigenvalue weighted by atomic mass is 10.1. The SMILES string of the molecule is COc1ccc(C=C(C#N)c2nc3ccc(C)cc3[nH]2)cc1OC.Cl. The van der Waals surface area contributed by atoms with Crippen LogP contribution in [0.1, 0.15) is 17.0 Å². The van der Waals surface area contributed by atoms with Gasteiger partial charge in [-0.25, -0.2) is 4.98 Å². The van der Waals surface area contributed by atoms with E-state index in [-0.39, 0.29) is 12.4 Å². The zero-order valence-corrected chi connectivity index (χ0v) is 15.0. The van der Waals surface area contributed by atoms with Gasteiger partial charge in [-0.1, -0.05) is 12.1 Å². The normalized spacial score (nSPS) is 10.9. The number of nitrogens with zero attached hydrogens (tertiary/aromatic N) is 2. The summed E-state index contributed by atoms with van der Waals surface area (Å²) in [7, 11) is 3.17. The second-order valence-electron chi connectivity index (χ2n) is 5.39. The number of benzene rings is 2. The van der Waals surface area contributed by atoms with E-state index in [0.29, 0.717) is 22.9 Å². The summed E-state index contributed by atoms with van der Waals surface area (Å²) in [5.41, 5.74) is 4.18. The Hall–Kier alpha value is -2.97. The third-order valence-electron chi connectivity index (χ3n) is 3.73. The summed E-state index contributed by atoms with van der Waals surface area (Å²) in [6.45, 7) is 2.02. The second-order valence-corrected chi connectivity index (χ2v) is 5.39. The van der Waals surface area contributed by atoms with Gasteiger partial charge in [-0.2, -0.15) is 5.26 Å². The number of ether oxygens (including phenoxy) is 2. The Kier molecular flexibility index (Phi) is 5.68. The average molecular weight is 356 g/mol. The molecule has 3 aromatic rings. The van der Waals surface area contributed by atoms with Gasteiger partial charge in [0, 0.05) is 0 Å². The number of imidazole rings is 1. The van der Waals surface area contributed by atoms with Crippen LogP contribution in [0.3, 0.4) is 0 Å². The van der Waals surface area contributed by atoms with E-state index in [1.165, 1.54) is 0 Å². The van der Waals surface area contributed by atoms with Crippen molar-refractivity contribution in [3.63, 3.8) is 0 Å². The van der Waals surface area contributed by atoms with E-state index >= 15 is 0 Å². The smallest absolute Gasteiger partial charge is 0.161 e. The van der Waals surface area contributed by atoms with Crippen LogP contribution in [0.2, 0.25) is 0 Å². The maximum Gasteiger partial charge on any atom is 0.161 e. The molecule has 1 heterocycles. The molecule has 0 saturated heterocycles. The summed E-state index contributed by atoms with van der Waals surface area (Å²) in [4.78, 5) is 7.70. The van der Waals surface area contributed by atoms with Crippen molar-refractivity contribution in [2.45, 2.75) is 6.92 Å². The Balaban J connectivity index is 0.00000225. The van der Waals surface area contributed by atoms with E-state index in [9.17, 15) is 5.26 Å². The zero-order valence-electron chi connectivity index (χ0n) is 14.2. The molecule has 5 nitrogen and oxygen atoms in total. The number of methoxy groups -OCH3 is 2. The van der Waals surface area contributed by atoms with E-state index in [1.807, 2.05) is 43.3 Å². The van der Waals surface area contributed by atoms with Crippen LogP contribution in [-0.2, 0) is 0 Å². The number of rotatable bonds is 4. The van der Waals surface area contributed by atoms with Crippen LogP contribution in [0.5, 0.6) is 11.5 Å². The molecule has 0 bridgehead atoms. The molecule has 0 aliphatic heterocycles. The van der Waals surface area contributed by atoms with E-state index in [4.69, 9.17) is 9.47 Å². The molecule has 0 atom stereocenters. The van der Waals surface area contributed by atoms with E-state index < -0.39 is 0 Å². The molecule has 25 heavy (non-hydrogen) atoms. The first kappa shape index (κ1) is 18.4. The number of H-pyrrole nitrogens is 1. The van der Waals surface area contributed by atoms with Crippen LogP contribution < -0.4 is 9.47 Å². The Labute approximate surface area is 152 Å². The third-order valence-corrected chi connectivity index (χ3v) is 3.73. The van der Waals surface area contributed by atoms with Gasteiger partial charge in [0.2, 0.25) is 0 Å². The number of hydrogen-bond acceptors (Lipinski definition) is 4. The number of aromatic amines is 1. The monoisotopic (exact) mass is 355 g/mol. The molecule has 128 valence electrons. The van der Waals surface area contributed by atoms with Crippen molar-refractivity contribution in [3.8, 4) is 17.6 Å². The van der Waals surface area contributed by atoms with Crippen LogP contribution in [0, 0.1) is 18.3 Å². The molecular weight excluding hydrogens is 338 g/mol. The molecule has 6 heteroatoms. The molecule has 0 saturated carbocycles. The highest BCUT2D eigenvalue weighted by Crippen LogP contribution is 2.29. The first-order valence-electron chi connectivity index (χ1n) is 7.45. The first-order chi connectivity index (χ1) is 11.6. The van der Waals surface area contributed by atoms with Crippen molar-refractivity contribution in [2.75, 3.05) is 14.2 Å². The Bertz CT molecular complexity index is 970. The molecule has 1 N–H and O–H groups in total. The fourth-order valence-electron chi connectivity index (χ4n) is 2.51. The quantitative estimate of drug-likeness (QED) is 0.705. The molecule has 0 amide bonds. The number of fused-ring (bicyclic) bond motifs is 1. The summed E-state index contributed by atoms with van der Waals surface area (Å²) in [5.74, 6) is 1.81. The molecule has 1 aromatic heterocycles. The molecule has 3 rings (SSSR count). The van der Waals surface area contributed by atoms with E-state index in [2.05, 4.69) is 16.0 Å². The Morgan fingerprint density at radius 3 is 2.56 bits per heavy atom. The van der Waals surface area contributed by atoms with Crippen molar-refractivity contribution < 1.29 is 9.47 Å². The minimum Gasteiger partial charge on any atom is -0.493 e. The maximum absolute atomic E-state index is 9.51. The van der Waals surface area contributed by atoms with Crippen molar-refractivity contribution in [1.29, 1.82) is 5.26 Å². The van der Waals surface area contributed by atoms with Gasteiger partial charge in [0.1, 0.15) is 11.9 Å². The molecule has 0 fully saturated rings. The average Bonchev–Trinajstić information content (AvgIpc) is 3.02. The van der Waals surface area contributed by atoms with Crippen LogP contribution >= 0.6 is 12.4 Å². The molecule has 0 aliphatic carbocycles.